The van der Waals surface area contributed by atoms with Gasteiger partial charge in [0.2, 0.25) is 0 Å². The Hall–Kier alpha value is -0.890. The maximum absolute atomic E-state index is 6.11. The monoisotopic (exact) mass is 210 g/mol. The van der Waals surface area contributed by atoms with Crippen LogP contribution in [0.3, 0.4) is 0 Å². The number of benzene rings is 1. The average Bonchev–Trinajstić information content (AvgIpc) is 2.35. The van der Waals surface area contributed by atoms with E-state index >= 15 is 0 Å². The number of nitrogens with zero attached hydrogens (tertiary/aromatic N) is 1. The Labute approximate surface area is 89.9 Å². The molecule has 0 unspecified atom stereocenters. The number of hydrogen-bond acceptors (Lipinski definition) is 2. The maximum Gasteiger partial charge on any atom is 0.0644 e. The van der Waals surface area contributed by atoms with E-state index in [0.29, 0.717) is 0 Å². The molecule has 0 aromatic heterocycles. The molecule has 2 rings (SSSR count). The van der Waals surface area contributed by atoms with Gasteiger partial charge in [-0.05, 0) is 31.0 Å². The van der Waals surface area contributed by atoms with E-state index in [1.54, 1.807) is 0 Å². The van der Waals surface area contributed by atoms with Crippen LogP contribution in [0.1, 0.15) is 12.0 Å². The van der Waals surface area contributed by atoms with Crippen molar-refractivity contribution >= 4 is 23.0 Å². The van der Waals surface area contributed by atoms with Crippen LogP contribution in [0.5, 0.6) is 0 Å². The molecule has 1 aliphatic heterocycles. The molecule has 0 spiro atoms. The zero-order chi connectivity index (χ0) is 10.1. The molecule has 1 heterocycles. The number of anilines is 2. The van der Waals surface area contributed by atoms with E-state index in [1.165, 1.54) is 23.4 Å². The van der Waals surface area contributed by atoms with Gasteiger partial charge in [0.25, 0.3) is 0 Å². The van der Waals surface area contributed by atoms with Gasteiger partial charge in [-0.1, -0.05) is 11.6 Å². The smallest absolute Gasteiger partial charge is 0.0644 e. The summed E-state index contributed by atoms with van der Waals surface area (Å²) in [6, 6.07) is 4.02. The molecule has 3 heteroatoms. The van der Waals surface area contributed by atoms with Crippen molar-refractivity contribution in [1.82, 2.24) is 0 Å². The average molecular weight is 211 g/mol. The van der Waals surface area contributed by atoms with Gasteiger partial charge in [-0.15, -0.1) is 0 Å². The Morgan fingerprint density at radius 1 is 1.43 bits per heavy atom. The number of halogens is 1. The van der Waals surface area contributed by atoms with Gasteiger partial charge < -0.3 is 10.2 Å². The summed E-state index contributed by atoms with van der Waals surface area (Å²) in [5.74, 6) is 0. The number of nitrogens with one attached hydrogen (secondary N) is 1. The summed E-state index contributed by atoms with van der Waals surface area (Å²) in [4.78, 5) is 2.27. The summed E-state index contributed by atoms with van der Waals surface area (Å²) < 4.78 is 0. The molecule has 0 aliphatic carbocycles. The molecule has 76 valence electrons. The number of hydrogen-bond donors (Lipinski definition) is 1. The van der Waals surface area contributed by atoms with Crippen LogP contribution in [0, 0.1) is 6.92 Å². The topological polar surface area (TPSA) is 15.3 Å². The molecule has 1 N–H and O–H groups in total. The maximum atomic E-state index is 6.11. The fraction of sp³-hybridized carbons (Fsp3) is 0.455. The summed E-state index contributed by atoms with van der Waals surface area (Å²) in [5, 5.41) is 4.27. The Morgan fingerprint density at radius 2 is 2.21 bits per heavy atom. The van der Waals surface area contributed by atoms with Crippen molar-refractivity contribution in [2.24, 2.45) is 0 Å². The first-order valence-corrected chi connectivity index (χ1v) is 5.32. The fourth-order valence-corrected chi connectivity index (χ4v) is 2.11. The molecule has 0 amide bonds. The van der Waals surface area contributed by atoms with Crippen LogP contribution in [0.2, 0.25) is 5.02 Å². The lowest BCUT2D eigenvalue weighted by Gasteiger charge is -2.21. The second kappa shape index (κ2) is 3.70. The standard InChI is InChI=1S/C11H15ClN2/c1-8-9(12)4-5-10-11(8)14(2)7-3-6-13-10/h4-5,13H,3,6-7H2,1-2H3. The van der Waals surface area contributed by atoms with Crippen LogP contribution in [-0.4, -0.2) is 20.1 Å². The van der Waals surface area contributed by atoms with E-state index in [1.807, 2.05) is 6.07 Å². The van der Waals surface area contributed by atoms with Gasteiger partial charge in [-0.3, -0.25) is 0 Å². The Balaban J connectivity index is 2.54. The van der Waals surface area contributed by atoms with Gasteiger partial charge in [0.1, 0.15) is 0 Å². The van der Waals surface area contributed by atoms with Crippen molar-refractivity contribution in [3.8, 4) is 0 Å². The molecule has 1 aromatic carbocycles. The van der Waals surface area contributed by atoms with Crippen LogP contribution < -0.4 is 10.2 Å². The minimum absolute atomic E-state index is 0.847. The quantitative estimate of drug-likeness (QED) is 0.709. The van der Waals surface area contributed by atoms with Crippen molar-refractivity contribution < 1.29 is 0 Å². The zero-order valence-electron chi connectivity index (χ0n) is 8.60. The summed E-state index contributed by atoms with van der Waals surface area (Å²) in [5.41, 5.74) is 3.61. The fourth-order valence-electron chi connectivity index (χ4n) is 1.96. The van der Waals surface area contributed by atoms with Gasteiger partial charge in [0.05, 0.1) is 11.4 Å². The molecule has 0 fully saturated rings. The molecule has 0 saturated heterocycles. The Bertz CT molecular complexity index is 349. The van der Waals surface area contributed by atoms with E-state index < -0.39 is 0 Å². The molecule has 0 bridgehead atoms. The highest BCUT2D eigenvalue weighted by Crippen LogP contribution is 2.35. The molecule has 14 heavy (non-hydrogen) atoms. The second-order valence-corrected chi connectivity index (χ2v) is 4.18. The highest BCUT2D eigenvalue weighted by molar-refractivity contribution is 6.32. The zero-order valence-corrected chi connectivity index (χ0v) is 9.36. The predicted molar refractivity (Wildman–Crippen MR) is 62.6 cm³/mol. The van der Waals surface area contributed by atoms with Gasteiger partial charge in [0, 0.05) is 25.2 Å². The molecule has 1 aliphatic rings. The van der Waals surface area contributed by atoms with Gasteiger partial charge in [-0.2, -0.15) is 0 Å². The van der Waals surface area contributed by atoms with Crippen molar-refractivity contribution in [2.45, 2.75) is 13.3 Å². The normalized spacial score (nSPS) is 15.8. The third-order valence-corrected chi connectivity index (χ3v) is 3.14. The molecule has 0 atom stereocenters. The van der Waals surface area contributed by atoms with Crippen molar-refractivity contribution in [2.75, 3.05) is 30.4 Å². The van der Waals surface area contributed by atoms with E-state index in [0.717, 1.165) is 18.1 Å². The summed E-state index contributed by atoms with van der Waals surface area (Å²) in [6.45, 7) is 4.20. The molecular weight excluding hydrogens is 196 g/mol. The van der Waals surface area contributed by atoms with E-state index in [2.05, 4.69) is 30.3 Å². The van der Waals surface area contributed by atoms with E-state index in [-0.39, 0.29) is 0 Å². The van der Waals surface area contributed by atoms with Gasteiger partial charge in [0.15, 0.2) is 0 Å². The Morgan fingerprint density at radius 3 is 3.00 bits per heavy atom. The third kappa shape index (κ3) is 1.55. The van der Waals surface area contributed by atoms with Crippen molar-refractivity contribution in [3.05, 3.63) is 22.7 Å². The number of rotatable bonds is 0. The van der Waals surface area contributed by atoms with E-state index in [9.17, 15) is 0 Å². The molecule has 2 nitrogen and oxygen atoms in total. The second-order valence-electron chi connectivity index (χ2n) is 3.77. The van der Waals surface area contributed by atoms with Crippen LogP contribution in [0.25, 0.3) is 0 Å². The predicted octanol–water partition coefficient (Wildman–Crippen LogP) is 2.90. The molecular formula is C11H15ClN2. The van der Waals surface area contributed by atoms with Crippen LogP contribution in [0.4, 0.5) is 11.4 Å². The van der Waals surface area contributed by atoms with Crippen LogP contribution >= 0.6 is 11.6 Å². The number of fused-ring (bicyclic) bond motifs is 1. The van der Waals surface area contributed by atoms with Gasteiger partial charge in [-0.25, -0.2) is 0 Å². The molecule has 0 saturated carbocycles. The first kappa shape index (κ1) is 9.66. The third-order valence-electron chi connectivity index (χ3n) is 2.73. The first-order valence-electron chi connectivity index (χ1n) is 4.94. The highest BCUT2D eigenvalue weighted by atomic mass is 35.5. The SMILES string of the molecule is Cc1c(Cl)ccc2c1N(C)CCCN2. The first-order chi connectivity index (χ1) is 6.70. The minimum Gasteiger partial charge on any atom is -0.383 e. The molecule has 1 aromatic rings. The van der Waals surface area contributed by atoms with E-state index in [4.69, 9.17) is 11.6 Å². The largest absolute Gasteiger partial charge is 0.383 e. The molecule has 0 radical (unpaired) electrons. The van der Waals surface area contributed by atoms with Gasteiger partial charge >= 0.3 is 0 Å². The summed E-state index contributed by atoms with van der Waals surface area (Å²) in [7, 11) is 2.12. The minimum atomic E-state index is 0.847. The lowest BCUT2D eigenvalue weighted by molar-refractivity contribution is 0.835. The highest BCUT2D eigenvalue weighted by Gasteiger charge is 2.15. The lowest BCUT2D eigenvalue weighted by Crippen LogP contribution is -2.18. The van der Waals surface area contributed by atoms with Crippen LogP contribution in [-0.2, 0) is 0 Å². The summed E-state index contributed by atoms with van der Waals surface area (Å²) in [6.07, 6.45) is 1.17. The lowest BCUT2D eigenvalue weighted by atomic mass is 10.1. The van der Waals surface area contributed by atoms with Crippen molar-refractivity contribution in [1.29, 1.82) is 0 Å². The summed E-state index contributed by atoms with van der Waals surface area (Å²) >= 11 is 6.11. The Kier molecular flexibility index (Phi) is 2.55. The van der Waals surface area contributed by atoms with Crippen molar-refractivity contribution in [3.63, 3.8) is 0 Å². The van der Waals surface area contributed by atoms with Crippen LogP contribution in [0.15, 0.2) is 12.1 Å².